The molecule has 0 aliphatic carbocycles. The van der Waals surface area contributed by atoms with Crippen LogP contribution in [0.1, 0.15) is 12.5 Å². The van der Waals surface area contributed by atoms with Crippen LogP contribution in [0.2, 0.25) is 5.02 Å². The average Bonchev–Trinajstić information content (AvgIpc) is 3.33. The maximum Gasteiger partial charge on any atom is 0.236 e. The maximum atomic E-state index is 12.4. The molecule has 9 heteroatoms. The van der Waals surface area contributed by atoms with E-state index in [4.69, 9.17) is 11.6 Å². The summed E-state index contributed by atoms with van der Waals surface area (Å²) >= 11 is 10.5. The van der Waals surface area contributed by atoms with Crippen molar-refractivity contribution in [2.24, 2.45) is 0 Å². The highest BCUT2D eigenvalue weighted by Gasteiger charge is 2.13. The molecule has 30 heavy (non-hydrogen) atoms. The van der Waals surface area contributed by atoms with Crippen LogP contribution in [0, 0.1) is 0 Å². The first kappa shape index (κ1) is 21.2. The third kappa shape index (κ3) is 5.18. The number of rotatable bonds is 8. The van der Waals surface area contributed by atoms with Crippen LogP contribution in [0.3, 0.4) is 0 Å². The van der Waals surface area contributed by atoms with Gasteiger partial charge in [0.15, 0.2) is 4.34 Å². The smallest absolute Gasteiger partial charge is 0.236 e. The number of benzene rings is 2. The van der Waals surface area contributed by atoms with E-state index >= 15 is 0 Å². The van der Waals surface area contributed by atoms with E-state index in [0.29, 0.717) is 10.9 Å². The highest BCUT2D eigenvalue weighted by Crippen LogP contribution is 2.31. The quantitative estimate of drug-likeness (QED) is 0.249. The lowest BCUT2D eigenvalue weighted by Gasteiger charge is -2.05. The number of nitrogens with zero attached hydrogens (tertiary/aromatic N) is 3. The third-order valence-electron chi connectivity index (χ3n) is 4.30. The monoisotopic (exact) mass is 474 g/mol. The predicted octanol–water partition coefficient (Wildman–Crippen LogP) is 6.04. The van der Waals surface area contributed by atoms with Gasteiger partial charge in [0.25, 0.3) is 0 Å². The largest absolute Gasteiger partial charge is 0.342 e. The Hall–Kier alpha value is -2.00. The van der Waals surface area contributed by atoms with E-state index in [1.54, 1.807) is 11.8 Å². The first-order valence-electron chi connectivity index (χ1n) is 9.33. The van der Waals surface area contributed by atoms with E-state index in [0.717, 1.165) is 37.5 Å². The van der Waals surface area contributed by atoms with Gasteiger partial charge in [-0.15, -0.1) is 22.0 Å². The lowest BCUT2D eigenvalue weighted by atomic mass is 10.2. The first-order valence-corrected chi connectivity index (χ1v) is 12.5. The summed E-state index contributed by atoms with van der Waals surface area (Å²) in [5, 5.41) is 13.4. The van der Waals surface area contributed by atoms with Crippen molar-refractivity contribution in [3.8, 4) is 0 Å². The lowest BCUT2D eigenvalue weighted by Crippen LogP contribution is -2.13. The molecule has 1 amide bonds. The molecule has 0 saturated carbocycles. The molecule has 2 aromatic carbocycles. The number of nitrogens with one attached hydrogen (secondary N) is 1. The zero-order valence-corrected chi connectivity index (χ0v) is 19.4. The molecule has 2 aromatic heterocycles. The Balaban J connectivity index is 1.45. The van der Waals surface area contributed by atoms with Crippen LogP contribution in [-0.2, 0) is 11.3 Å². The van der Waals surface area contributed by atoms with Crippen molar-refractivity contribution < 1.29 is 4.79 Å². The van der Waals surface area contributed by atoms with Crippen LogP contribution < -0.4 is 5.32 Å². The van der Waals surface area contributed by atoms with Gasteiger partial charge in [0.2, 0.25) is 11.0 Å². The van der Waals surface area contributed by atoms with Gasteiger partial charge in [-0.05, 0) is 29.5 Å². The van der Waals surface area contributed by atoms with Crippen molar-refractivity contribution >= 4 is 68.4 Å². The molecule has 0 fully saturated rings. The number of para-hydroxylation sites is 1. The van der Waals surface area contributed by atoms with Gasteiger partial charge in [0.1, 0.15) is 0 Å². The number of hydrogen-bond donors (Lipinski definition) is 1. The Bertz CT molecular complexity index is 1160. The molecule has 0 aliphatic heterocycles. The molecule has 154 valence electrons. The minimum Gasteiger partial charge on any atom is -0.342 e. The SMILES string of the molecule is CCSc1nnc(NC(=O)CSc2cn(Cc3ccc(Cl)cc3)c3ccccc23)s1. The molecule has 0 bridgehead atoms. The van der Waals surface area contributed by atoms with Crippen molar-refractivity contribution in [3.63, 3.8) is 0 Å². The number of anilines is 1. The van der Waals surface area contributed by atoms with Gasteiger partial charge in [-0.3, -0.25) is 10.1 Å². The van der Waals surface area contributed by atoms with E-state index in [9.17, 15) is 4.79 Å². The number of fused-ring (bicyclic) bond motifs is 1. The van der Waals surface area contributed by atoms with Crippen LogP contribution in [-0.4, -0.2) is 32.2 Å². The van der Waals surface area contributed by atoms with Gasteiger partial charge in [-0.1, -0.05) is 72.0 Å². The fraction of sp³-hybridized carbons (Fsp3) is 0.190. The highest BCUT2D eigenvalue weighted by atomic mass is 35.5. The fourth-order valence-corrected chi connectivity index (χ4v) is 5.67. The summed E-state index contributed by atoms with van der Waals surface area (Å²) in [7, 11) is 0. The van der Waals surface area contributed by atoms with E-state index in [1.165, 1.54) is 28.7 Å². The number of carbonyl (C=O) groups excluding carboxylic acids is 1. The van der Waals surface area contributed by atoms with Crippen LogP contribution in [0.15, 0.2) is 64.0 Å². The van der Waals surface area contributed by atoms with Crippen LogP contribution in [0.4, 0.5) is 5.13 Å². The van der Waals surface area contributed by atoms with Gasteiger partial charge >= 0.3 is 0 Å². The molecule has 0 radical (unpaired) electrons. The molecule has 5 nitrogen and oxygen atoms in total. The molecular weight excluding hydrogens is 456 g/mol. The normalized spacial score (nSPS) is 11.1. The number of amides is 1. The molecule has 0 atom stereocenters. The van der Waals surface area contributed by atoms with E-state index < -0.39 is 0 Å². The molecular formula is C21H19ClN4OS3. The van der Waals surface area contributed by atoms with E-state index in [1.807, 2.05) is 36.4 Å². The fourth-order valence-electron chi connectivity index (χ4n) is 2.99. The summed E-state index contributed by atoms with van der Waals surface area (Å²) in [4.78, 5) is 13.5. The van der Waals surface area contributed by atoms with Crippen molar-refractivity contribution in [2.75, 3.05) is 16.8 Å². The molecule has 0 unspecified atom stereocenters. The Labute approximate surface area is 192 Å². The molecule has 4 rings (SSSR count). The zero-order chi connectivity index (χ0) is 20.9. The average molecular weight is 475 g/mol. The standard InChI is InChI=1S/C21H19ClN4OS3/c1-2-28-21-25-24-20(30-21)23-19(27)13-29-18-12-26(17-6-4-3-5-16(17)18)11-14-7-9-15(22)10-8-14/h3-10,12H,2,11,13H2,1H3,(H,23,24,27). The number of carbonyl (C=O) groups is 1. The summed E-state index contributed by atoms with van der Waals surface area (Å²) in [6, 6.07) is 16.1. The summed E-state index contributed by atoms with van der Waals surface area (Å²) < 4.78 is 3.07. The van der Waals surface area contributed by atoms with Gasteiger partial charge in [0, 0.05) is 33.6 Å². The second-order valence-electron chi connectivity index (χ2n) is 6.41. The third-order valence-corrected chi connectivity index (χ3v) is 7.45. The van der Waals surface area contributed by atoms with Crippen molar-refractivity contribution in [1.82, 2.24) is 14.8 Å². The van der Waals surface area contributed by atoms with Crippen LogP contribution in [0.25, 0.3) is 10.9 Å². The van der Waals surface area contributed by atoms with Gasteiger partial charge in [-0.25, -0.2) is 0 Å². The molecule has 0 spiro atoms. The Kier molecular flexibility index (Phi) is 6.99. The highest BCUT2D eigenvalue weighted by molar-refractivity contribution is 8.01. The predicted molar refractivity (Wildman–Crippen MR) is 128 cm³/mol. The van der Waals surface area contributed by atoms with Crippen LogP contribution in [0.5, 0.6) is 0 Å². The van der Waals surface area contributed by atoms with E-state index in [-0.39, 0.29) is 5.91 Å². The molecule has 0 saturated heterocycles. The number of thioether (sulfide) groups is 2. The summed E-state index contributed by atoms with van der Waals surface area (Å²) in [6.45, 7) is 2.80. The number of hydrogen-bond acceptors (Lipinski definition) is 6. The summed E-state index contributed by atoms with van der Waals surface area (Å²) in [5.41, 5.74) is 2.31. The molecule has 4 aromatic rings. The minimum absolute atomic E-state index is 0.0845. The molecule has 0 aliphatic rings. The van der Waals surface area contributed by atoms with Crippen LogP contribution >= 0.6 is 46.5 Å². The Morgan fingerprint density at radius 3 is 2.73 bits per heavy atom. The van der Waals surface area contributed by atoms with Crippen molar-refractivity contribution in [1.29, 1.82) is 0 Å². The second-order valence-corrected chi connectivity index (χ2v) is 10.4. The second kappa shape index (κ2) is 9.87. The number of halogens is 1. The van der Waals surface area contributed by atoms with Gasteiger partial charge in [-0.2, -0.15) is 0 Å². The van der Waals surface area contributed by atoms with E-state index in [2.05, 4.69) is 45.3 Å². The maximum absolute atomic E-state index is 12.4. The first-order chi connectivity index (χ1) is 14.6. The Morgan fingerprint density at radius 1 is 1.13 bits per heavy atom. The minimum atomic E-state index is -0.0845. The summed E-state index contributed by atoms with van der Waals surface area (Å²) in [6.07, 6.45) is 2.11. The summed E-state index contributed by atoms with van der Waals surface area (Å²) in [5.74, 6) is 1.15. The van der Waals surface area contributed by atoms with Gasteiger partial charge < -0.3 is 4.57 Å². The van der Waals surface area contributed by atoms with Crippen molar-refractivity contribution in [3.05, 3.63) is 65.3 Å². The zero-order valence-electron chi connectivity index (χ0n) is 16.2. The van der Waals surface area contributed by atoms with Crippen molar-refractivity contribution in [2.45, 2.75) is 22.7 Å². The lowest BCUT2D eigenvalue weighted by molar-refractivity contribution is -0.113. The topological polar surface area (TPSA) is 59.8 Å². The molecule has 1 N–H and O–H groups in total. The molecule has 2 heterocycles. The van der Waals surface area contributed by atoms with Gasteiger partial charge in [0.05, 0.1) is 5.75 Å². The number of aromatic nitrogens is 3. The Morgan fingerprint density at radius 2 is 1.93 bits per heavy atom.